The number of likely N-dealkylation sites (tertiary alicyclic amines) is 1. The van der Waals surface area contributed by atoms with Gasteiger partial charge < -0.3 is 15.1 Å². The van der Waals surface area contributed by atoms with E-state index in [9.17, 15) is 9.59 Å². The molecule has 0 saturated carbocycles. The predicted molar refractivity (Wildman–Crippen MR) is 116 cm³/mol. The maximum atomic E-state index is 12.8. The summed E-state index contributed by atoms with van der Waals surface area (Å²) >= 11 is 0. The Balaban J connectivity index is 1.38. The molecular weight excluding hydrogens is 378 g/mol. The Kier molecular flexibility index (Phi) is 5.61. The van der Waals surface area contributed by atoms with Crippen LogP contribution in [-0.4, -0.2) is 57.8 Å². The maximum Gasteiger partial charge on any atom is 0.255 e. The quantitative estimate of drug-likeness (QED) is 0.709. The van der Waals surface area contributed by atoms with Gasteiger partial charge in [-0.1, -0.05) is 18.2 Å². The van der Waals surface area contributed by atoms with Gasteiger partial charge in [0.15, 0.2) is 0 Å². The van der Waals surface area contributed by atoms with Crippen molar-refractivity contribution >= 4 is 28.5 Å². The van der Waals surface area contributed by atoms with Crippen LogP contribution >= 0.6 is 0 Å². The second kappa shape index (κ2) is 8.49. The average Bonchev–Trinajstić information content (AvgIpc) is 3.27. The number of hydrogen-bond acceptors (Lipinski definition) is 5. The third-order valence-electron chi connectivity index (χ3n) is 5.70. The van der Waals surface area contributed by atoms with E-state index in [1.807, 2.05) is 24.3 Å². The number of carbonyl (C=O) groups excluding carboxylic acids is 2. The largest absolute Gasteiger partial charge is 0.366 e. The molecule has 3 heterocycles. The number of anilines is 1. The first kappa shape index (κ1) is 19.8. The molecule has 0 radical (unpaired) electrons. The molecule has 1 aliphatic rings. The van der Waals surface area contributed by atoms with Gasteiger partial charge in [0.05, 0.1) is 17.1 Å². The van der Waals surface area contributed by atoms with E-state index in [1.165, 1.54) is 0 Å². The minimum atomic E-state index is -0.0476. The third-order valence-corrected chi connectivity index (χ3v) is 5.70. The van der Waals surface area contributed by atoms with Crippen LogP contribution in [-0.2, 0) is 11.3 Å². The monoisotopic (exact) mass is 403 g/mol. The fourth-order valence-corrected chi connectivity index (χ4v) is 3.81. The van der Waals surface area contributed by atoms with Crippen LogP contribution < -0.4 is 5.32 Å². The lowest BCUT2D eigenvalue weighted by molar-refractivity contribution is -0.129. The molecule has 30 heavy (non-hydrogen) atoms. The van der Waals surface area contributed by atoms with Crippen LogP contribution in [0.3, 0.4) is 0 Å². The molecule has 2 amide bonds. The normalized spacial score (nSPS) is 15.9. The minimum absolute atomic E-state index is 0.0216. The number of likely N-dealkylation sites (N-methyl/N-ethyl adjacent to an activating group) is 1. The smallest absolute Gasteiger partial charge is 0.255 e. The second-order valence-corrected chi connectivity index (χ2v) is 7.60. The summed E-state index contributed by atoms with van der Waals surface area (Å²) in [6.07, 6.45) is 4.20. The maximum absolute atomic E-state index is 12.8. The van der Waals surface area contributed by atoms with Crippen molar-refractivity contribution in [3.8, 4) is 0 Å². The first-order valence-electron chi connectivity index (χ1n) is 10.1. The standard InChI is InChI=1S/C23H25N5O2/c1-16(29)27(2)19-10-12-28(15-19)23(30)18-8-9-22(26-14-18)25-13-17-5-3-7-21-20(17)6-4-11-24-21/h3-9,11,14,19H,10,12-13,15H2,1-2H3,(H,25,26)/t19-/m0/s1. The number of nitrogens with one attached hydrogen (secondary N) is 1. The summed E-state index contributed by atoms with van der Waals surface area (Å²) in [7, 11) is 1.79. The van der Waals surface area contributed by atoms with Crippen molar-refractivity contribution in [2.45, 2.75) is 25.9 Å². The van der Waals surface area contributed by atoms with E-state index in [4.69, 9.17) is 0 Å². The highest BCUT2D eigenvalue weighted by molar-refractivity contribution is 5.94. The minimum Gasteiger partial charge on any atom is -0.366 e. The first-order valence-corrected chi connectivity index (χ1v) is 10.1. The zero-order chi connectivity index (χ0) is 21.1. The number of fused-ring (bicyclic) bond motifs is 1. The fraction of sp³-hybridized carbons (Fsp3) is 0.304. The van der Waals surface area contributed by atoms with Gasteiger partial charge in [0.1, 0.15) is 5.82 Å². The molecule has 1 aromatic carbocycles. The molecule has 0 spiro atoms. The molecule has 1 atom stereocenters. The number of rotatable bonds is 5. The van der Waals surface area contributed by atoms with Crippen LogP contribution in [0.15, 0.2) is 54.9 Å². The average molecular weight is 403 g/mol. The Morgan fingerprint density at radius 2 is 2.03 bits per heavy atom. The van der Waals surface area contributed by atoms with Crippen molar-refractivity contribution in [3.05, 3.63) is 66.0 Å². The second-order valence-electron chi connectivity index (χ2n) is 7.60. The van der Waals surface area contributed by atoms with Crippen LogP contribution in [0.1, 0.15) is 29.3 Å². The van der Waals surface area contributed by atoms with Crippen LogP contribution in [0.2, 0.25) is 0 Å². The van der Waals surface area contributed by atoms with E-state index in [2.05, 4.69) is 27.4 Å². The van der Waals surface area contributed by atoms with E-state index in [-0.39, 0.29) is 17.9 Å². The van der Waals surface area contributed by atoms with Crippen molar-refractivity contribution in [2.24, 2.45) is 0 Å². The molecule has 2 aromatic heterocycles. The number of amides is 2. The highest BCUT2D eigenvalue weighted by Crippen LogP contribution is 2.19. The van der Waals surface area contributed by atoms with E-state index in [0.29, 0.717) is 31.0 Å². The van der Waals surface area contributed by atoms with Gasteiger partial charge in [-0.2, -0.15) is 0 Å². The molecule has 0 bridgehead atoms. The summed E-state index contributed by atoms with van der Waals surface area (Å²) in [6.45, 7) is 3.38. The third kappa shape index (κ3) is 4.10. The Bertz CT molecular complexity index is 1060. The lowest BCUT2D eigenvalue weighted by atomic mass is 10.1. The van der Waals surface area contributed by atoms with E-state index in [1.54, 1.807) is 42.2 Å². The Labute approximate surface area is 175 Å². The van der Waals surface area contributed by atoms with E-state index >= 15 is 0 Å². The Morgan fingerprint density at radius 1 is 1.17 bits per heavy atom. The van der Waals surface area contributed by atoms with Gasteiger partial charge in [0.25, 0.3) is 5.91 Å². The predicted octanol–water partition coefficient (Wildman–Crippen LogP) is 2.93. The van der Waals surface area contributed by atoms with Crippen molar-refractivity contribution < 1.29 is 9.59 Å². The summed E-state index contributed by atoms with van der Waals surface area (Å²) in [6, 6.07) is 13.7. The van der Waals surface area contributed by atoms with Crippen molar-refractivity contribution in [2.75, 3.05) is 25.5 Å². The lowest BCUT2D eigenvalue weighted by Crippen LogP contribution is -2.38. The number of hydrogen-bond donors (Lipinski definition) is 1. The van der Waals surface area contributed by atoms with Gasteiger partial charge in [-0.3, -0.25) is 14.6 Å². The van der Waals surface area contributed by atoms with Gasteiger partial charge in [-0.25, -0.2) is 4.98 Å². The highest BCUT2D eigenvalue weighted by atomic mass is 16.2. The molecule has 1 saturated heterocycles. The molecule has 154 valence electrons. The summed E-state index contributed by atoms with van der Waals surface area (Å²) in [4.78, 5) is 36.6. The molecule has 3 aromatic rings. The number of carbonyl (C=O) groups is 2. The zero-order valence-electron chi connectivity index (χ0n) is 17.2. The fourth-order valence-electron chi connectivity index (χ4n) is 3.81. The molecule has 4 rings (SSSR count). The van der Waals surface area contributed by atoms with Crippen molar-refractivity contribution in [3.63, 3.8) is 0 Å². The molecule has 1 fully saturated rings. The van der Waals surface area contributed by atoms with Gasteiger partial charge in [-0.05, 0) is 36.2 Å². The Morgan fingerprint density at radius 3 is 2.80 bits per heavy atom. The number of aromatic nitrogens is 2. The van der Waals surface area contributed by atoms with Gasteiger partial charge in [0.2, 0.25) is 5.91 Å². The van der Waals surface area contributed by atoms with E-state index < -0.39 is 0 Å². The van der Waals surface area contributed by atoms with Crippen LogP contribution in [0, 0.1) is 0 Å². The first-order chi connectivity index (χ1) is 14.5. The number of benzene rings is 1. The van der Waals surface area contributed by atoms with Crippen molar-refractivity contribution in [1.29, 1.82) is 0 Å². The molecular formula is C23H25N5O2. The lowest BCUT2D eigenvalue weighted by Gasteiger charge is -2.23. The number of pyridine rings is 2. The van der Waals surface area contributed by atoms with E-state index in [0.717, 1.165) is 22.9 Å². The molecule has 7 nitrogen and oxygen atoms in total. The topological polar surface area (TPSA) is 78.4 Å². The highest BCUT2D eigenvalue weighted by Gasteiger charge is 2.30. The summed E-state index contributed by atoms with van der Waals surface area (Å²) in [5, 5.41) is 4.42. The van der Waals surface area contributed by atoms with Gasteiger partial charge in [0, 0.05) is 51.4 Å². The van der Waals surface area contributed by atoms with Gasteiger partial charge in [-0.15, -0.1) is 0 Å². The van der Waals surface area contributed by atoms with Crippen molar-refractivity contribution in [1.82, 2.24) is 19.8 Å². The zero-order valence-corrected chi connectivity index (χ0v) is 17.2. The summed E-state index contributed by atoms with van der Waals surface area (Å²) in [5.41, 5.74) is 2.66. The van der Waals surface area contributed by atoms with Gasteiger partial charge >= 0.3 is 0 Å². The van der Waals surface area contributed by atoms with Crippen LogP contribution in [0.25, 0.3) is 10.9 Å². The summed E-state index contributed by atoms with van der Waals surface area (Å²) in [5.74, 6) is 0.685. The Hall–Kier alpha value is -3.48. The number of nitrogens with zero attached hydrogens (tertiary/aromatic N) is 4. The van der Waals surface area contributed by atoms with Crippen LogP contribution in [0.5, 0.6) is 0 Å². The molecule has 1 N–H and O–H groups in total. The van der Waals surface area contributed by atoms with Crippen LogP contribution in [0.4, 0.5) is 5.82 Å². The summed E-state index contributed by atoms with van der Waals surface area (Å²) < 4.78 is 0. The SMILES string of the molecule is CC(=O)N(C)[C@H]1CCN(C(=O)c2ccc(NCc3cccc4ncccc34)nc2)C1. The molecule has 1 aliphatic heterocycles. The molecule has 7 heteroatoms. The molecule has 0 aliphatic carbocycles. The molecule has 0 unspecified atom stereocenters.